The molecule has 1 aromatic rings. The first kappa shape index (κ1) is 16.1. The summed E-state index contributed by atoms with van der Waals surface area (Å²) in [6.45, 7) is 7.07. The van der Waals surface area contributed by atoms with Gasteiger partial charge in [0.2, 0.25) is 0 Å². The van der Waals surface area contributed by atoms with E-state index in [2.05, 4.69) is 29.4 Å². The minimum absolute atomic E-state index is 0.657. The molecule has 0 amide bonds. The molecule has 1 fully saturated rings. The number of piperidine rings is 1. The van der Waals surface area contributed by atoms with Gasteiger partial charge in [-0.3, -0.25) is 0 Å². The monoisotopic (exact) mass is 292 g/mol. The third kappa shape index (κ3) is 4.90. The lowest BCUT2D eigenvalue weighted by atomic mass is 9.97. The highest BCUT2D eigenvalue weighted by Gasteiger charge is 2.16. The number of nitrogens with zero attached hydrogens (tertiary/aromatic N) is 1. The Morgan fingerprint density at radius 3 is 2.67 bits per heavy atom. The fraction of sp³-hybridized carbons (Fsp3) is 0.647. The second kappa shape index (κ2) is 8.25. The molecule has 0 bridgehead atoms. The lowest BCUT2D eigenvalue weighted by Crippen LogP contribution is -2.34. The summed E-state index contributed by atoms with van der Waals surface area (Å²) in [5.74, 6) is 2.44. The normalized spacial score (nSPS) is 16.9. The van der Waals surface area contributed by atoms with Crippen LogP contribution >= 0.6 is 0 Å². The zero-order valence-corrected chi connectivity index (χ0v) is 13.5. The highest BCUT2D eigenvalue weighted by atomic mass is 16.5. The lowest BCUT2D eigenvalue weighted by Gasteiger charge is -2.29. The van der Waals surface area contributed by atoms with E-state index in [0.29, 0.717) is 6.61 Å². The number of ether oxygens (including phenoxy) is 2. The number of rotatable bonds is 7. The number of likely N-dealkylation sites (tertiary alicyclic amines) is 1. The van der Waals surface area contributed by atoms with Crippen LogP contribution in [0.5, 0.6) is 11.5 Å². The van der Waals surface area contributed by atoms with E-state index in [1.54, 1.807) is 7.11 Å². The van der Waals surface area contributed by atoms with Gasteiger partial charge in [0, 0.05) is 6.54 Å². The van der Waals surface area contributed by atoms with Crippen molar-refractivity contribution < 1.29 is 9.47 Å². The van der Waals surface area contributed by atoms with Crippen LogP contribution in [0.1, 0.15) is 25.3 Å². The highest BCUT2D eigenvalue weighted by Crippen LogP contribution is 2.28. The van der Waals surface area contributed by atoms with Crippen LogP contribution in [0.25, 0.3) is 0 Å². The minimum Gasteiger partial charge on any atom is -0.493 e. The smallest absolute Gasteiger partial charge is 0.161 e. The van der Waals surface area contributed by atoms with Gasteiger partial charge in [-0.15, -0.1) is 0 Å². The molecule has 1 aliphatic heterocycles. The number of nitrogens with one attached hydrogen (secondary N) is 1. The van der Waals surface area contributed by atoms with Crippen molar-refractivity contribution in [1.29, 1.82) is 0 Å². The number of benzene rings is 1. The predicted molar refractivity (Wildman–Crippen MR) is 86.1 cm³/mol. The average Bonchev–Trinajstić information content (AvgIpc) is 2.51. The van der Waals surface area contributed by atoms with Crippen molar-refractivity contribution in [3.63, 3.8) is 0 Å². The van der Waals surface area contributed by atoms with E-state index < -0.39 is 0 Å². The molecule has 1 aliphatic rings. The van der Waals surface area contributed by atoms with Crippen LogP contribution in [0, 0.1) is 5.92 Å². The van der Waals surface area contributed by atoms with Gasteiger partial charge in [0.25, 0.3) is 0 Å². The van der Waals surface area contributed by atoms with Gasteiger partial charge in [-0.1, -0.05) is 6.07 Å². The molecule has 4 heteroatoms. The van der Waals surface area contributed by atoms with Crippen molar-refractivity contribution in [3.05, 3.63) is 23.8 Å². The van der Waals surface area contributed by atoms with Crippen molar-refractivity contribution in [2.75, 3.05) is 40.4 Å². The fourth-order valence-corrected chi connectivity index (χ4v) is 2.78. The van der Waals surface area contributed by atoms with Gasteiger partial charge < -0.3 is 19.7 Å². The lowest BCUT2D eigenvalue weighted by molar-refractivity contribution is 0.216. The highest BCUT2D eigenvalue weighted by molar-refractivity contribution is 5.42. The summed E-state index contributed by atoms with van der Waals surface area (Å²) in [5.41, 5.74) is 1.24. The molecule has 4 nitrogen and oxygen atoms in total. The van der Waals surface area contributed by atoms with Gasteiger partial charge in [-0.2, -0.15) is 0 Å². The Morgan fingerprint density at radius 1 is 1.24 bits per heavy atom. The maximum absolute atomic E-state index is 5.54. The second-order valence-electron chi connectivity index (χ2n) is 5.80. The maximum atomic E-state index is 5.54. The van der Waals surface area contributed by atoms with Gasteiger partial charge in [0.15, 0.2) is 11.5 Å². The van der Waals surface area contributed by atoms with Crippen LogP contribution in [-0.2, 0) is 6.54 Å². The summed E-state index contributed by atoms with van der Waals surface area (Å²) in [6, 6.07) is 6.16. The molecule has 0 spiro atoms. The van der Waals surface area contributed by atoms with E-state index in [4.69, 9.17) is 9.47 Å². The third-order valence-corrected chi connectivity index (χ3v) is 4.13. The Kier molecular flexibility index (Phi) is 6.33. The molecule has 0 unspecified atom stereocenters. The molecule has 1 N–H and O–H groups in total. The second-order valence-corrected chi connectivity index (χ2v) is 5.80. The maximum Gasteiger partial charge on any atom is 0.161 e. The fourth-order valence-electron chi connectivity index (χ4n) is 2.78. The summed E-state index contributed by atoms with van der Waals surface area (Å²) in [7, 11) is 3.89. The average molecular weight is 292 g/mol. The van der Waals surface area contributed by atoms with Crippen LogP contribution in [0.15, 0.2) is 18.2 Å². The Bertz CT molecular complexity index is 429. The van der Waals surface area contributed by atoms with Gasteiger partial charge in [-0.05, 0) is 70.1 Å². The van der Waals surface area contributed by atoms with Gasteiger partial charge in [0.1, 0.15) is 0 Å². The summed E-state index contributed by atoms with van der Waals surface area (Å²) < 4.78 is 10.9. The van der Waals surface area contributed by atoms with E-state index in [1.807, 2.05) is 13.0 Å². The van der Waals surface area contributed by atoms with Crippen molar-refractivity contribution >= 4 is 0 Å². The number of methoxy groups -OCH3 is 1. The van der Waals surface area contributed by atoms with Crippen molar-refractivity contribution in [3.8, 4) is 11.5 Å². The Hall–Kier alpha value is -1.26. The van der Waals surface area contributed by atoms with Crippen LogP contribution in [0.3, 0.4) is 0 Å². The van der Waals surface area contributed by atoms with E-state index in [9.17, 15) is 0 Å². The quantitative estimate of drug-likeness (QED) is 0.837. The van der Waals surface area contributed by atoms with E-state index in [1.165, 1.54) is 31.5 Å². The van der Waals surface area contributed by atoms with Crippen LogP contribution < -0.4 is 14.8 Å². The first-order valence-electron chi connectivity index (χ1n) is 7.92. The SMILES string of the molecule is CCOc1ccc(CNCC2CCN(C)CC2)cc1OC. The summed E-state index contributed by atoms with van der Waals surface area (Å²) in [5, 5.41) is 3.57. The van der Waals surface area contributed by atoms with Crippen LogP contribution in [-0.4, -0.2) is 45.3 Å². The van der Waals surface area contributed by atoms with E-state index in [0.717, 1.165) is 30.5 Å². The molecule has 1 heterocycles. The molecule has 0 radical (unpaired) electrons. The van der Waals surface area contributed by atoms with Crippen molar-refractivity contribution in [2.45, 2.75) is 26.3 Å². The Labute approximate surface area is 128 Å². The molecule has 0 atom stereocenters. The largest absolute Gasteiger partial charge is 0.493 e. The third-order valence-electron chi connectivity index (χ3n) is 4.13. The van der Waals surface area contributed by atoms with Crippen molar-refractivity contribution in [1.82, 2.24) is 10.2 Å². The summed E-state index contributed by atoms with van der Waals surface area (Å²) >= 11 is 0. The Balaban J connectivity index is 1.80. The minimum atomic E-state index is 0.657. The van der Waals surface area contributed by atoms with Crippen molar-refractivity contribution in [2.24, 2.45) is 5.92 Å². The first-order chi connectivity index (χ1) is 10.2. The molecule has 0 aromatic heterocycles. The van der Waals surface area contributed by atoms with E-state index in [-0.39, 0.29) is 0 Å². The molecule has 1 saturated heterocycles. The molecular weight excluding hydrogens is 264 g/mol. The number of hydrogen-bond acceptors (Lipinski definition) is 4. The predicted octanol–water partition coefficient (Wildman–Crippen LogP) is 2.53. The van der Waals surface area contributed by atoms with E-state index >= 15 is 0 Å². The molecule has 0 aliphatic carbocycles. The van der Waals surface area contributed by atoms with Crippen LogP contribution in [0.2, 0.25) is 0 Å². The summed E-state index contributed by atoms with van der Waals surface area (Å²) in [6.07, 6.45) is 2.60. The first-order valence-corrected chi connectivity index (χ1v) is 7.92. The van der Waals surface area contributed by atoms with Gasteiger partial charge >= 0.3 is 0 Å². The van der Waals surface area contributed by atoms with Crippen LogP contribution in [0.4, 0.5) is 0 Å². The number of hydrogen-bond donors (Lipinski definition) is 1. The zero-order chi connectivity index (χ0) is 15.1. The topological polar surface area (TPSA) is 33.7 Å². The molecule has 1 aromatic carbocycles. The van der Waals surface area contributed by atoms with Gasteiger partial charge in [0.05, 0.1) is 13.7 Å². The zero-order valence-electron chi connectivity index (χ0n) is 13.5. The Morgan fingerprint density at radius 2 is 2.00 bits per heavy atom. The molecule has 0 saturated carbocycles. The molecule has 118 valence electrons. The molecular formula is C17H28N2O2. The summed E-state index contributed by atoms with van der Waals surface area (Å²) in [4.78, 5) is 2.41. The molecule has 21 heavy (non-hydrogen) atoms. The molecule has 2 rings (SSSR count). The standard InChI is InChI=1S/C17H28N2O2/c1-4-21-16-6-5-15(11-17(16)20-3)13-18-12-14-7-9-19(2)10-8-14/h5-6,11,14,18H,4,7-10,12-13H2,1-3H3. The van der Waals surface area contributed by atoms with Gasteiger partial charge in [-0.25, -0.2) is 0 Å².